The van der Waals surface area contributed by atoms with Crippen LogP contribution in [0.4, 0.5) is 0 Å². The zero-order chi connectivity index (χ0) is 17.9. The Bertz CT molecular complexity index is 589. The predicted octanol–water partition coefficient (Wildman–Crippen LogP) is 2.16. The number of imidazole rings is 1. The molecule has 1 aromatic rings. The fraction of sp³-hybridized carbons (Fsp3) is 0.737. The van der Waals surface area contributed by atoms with Crippen LogP contribution in [-0.2, 0) is 16.1 Å². The lowest BCUT2D eigenvalue weighted by molar-refractivity contribution is -0.133. The molecule has 0 radical (unpaired) electrons. The van der Waals surface area contributed by atoms with Crippen LogP contribution in [-0.4, -0.2) is 57.3 Å². The molecule has 1 spiro atoms. The van der Waals surface area contributed by atoms with E-state index in [4.69, 9.17) is 0 Å². The molecule has 138 valence electrons. The number of likely N-dealkylation sites (tertiary alicyclic amines) is 2. The molecular formula is C19H30N4O2. The molecule has 3 heterocycles. The zero-order valence-electron chi connectivity index (χ0n) is 15.5. The highest BCUT2D eigenvalue weighted by atomic mass is 16.2. The highest BCUT2D eigenvalue weighted by Crippen LogP contribution is 2.41. The molecule has 0 aromatic carbocycles. The molecule has 0 saturated carbocycles. The fourth-order valence-electron chi connectivity index (χ4n) is 4.14. The van der Waals surface area contributed by atoms with Crippen molar-refractivity contribution in [1.29, 1.82) is 0 Å². The van der Waals surface area contributed by atoms with E-state index in [0.29, 0.717) is 24.7 Å². The van der Waals surface area contributed by atoms with Gasteiger partial charge in [0.15, 0.2) is 0 Å². The van der Waals surface area contributed by atoms with Crippen LogP contribution in [0.3, 0.4) is 0 Å². The lowest BCUT2D eigenvalue weighted by atomic mass is 9.77. The van der Waals surface area contributed by atoms with Gasteiger partial charge in [0.05, 0.1) is 6.33 Å². The van der Waals surface area contributed by atoms with E-state index in [1.54, 1.807) is 12.5 Å². The van der Waals surface area contributed by atoms with E-state index in [1.807, 2.05) is 20.6 Å². The monoisotopic (exact) mass is 346 g/mol. The standard InChI is InChI=1S/C19H30N4O2/c1-16(2)13-23-14-19(12-18(23)25)5-9-22(10-6-19)17(24)4-3-8-21-11-7-20-15-21/h7,11,15-16H,3-6,8-10,12-14H2,1-2H3. The quantitative estimate of drug-likeness (QED) is 0.793. The Kier molecular flexibility index (Phi) is 5.45. The normalized spacial score (nSPS) is 20.0. The molecule has 0 N–H and O–H groups in total. The van der Waals surface area contributed by atoms with Crippen LogP contribution in [0.15, 0.2) is 18.7 Å². The molecule has 0 unspecified atom stereocenters. The number of rotatable bonds is 6. The first kappa shape index (κ1) is 18.0. The van der Waals surface area contributed by atoms with Gasteiger partial charge in [0.1, 0.15) is 0 Å². The summed E-state index contributed by atoms with van der Waals surface area (Å²) in [4.78, 5) is 32.8. The maximum absolute atomic E-state index is 12.4. The minimum absolute atomic E-state index is 0.111. The Morgan fingerprint density at radius 2 is 2.08 bits per heavy atom. The molecule has 2 aliphatic rings. The second-order valence-corrected chi connectivity index (χ2v) is 8.13. The number of amides is 2. The third kappa shape index (κ3) is 4.41. The minimum atomic E-state index is 0.111. The van der Waals surface area contributed by atoms with Crippen molar-refractivity contribution < 1.29 is 9.59 Å². The molecule has 3 rings (SSSR count). The van der Waals surface area contributed by atoms with E-state index >= 15 is 0 Å². The Morgan fingerprint density at radius 1 is 1.32 bits per heavy atom. The summed E-state index contributed by atoms with van der Waals surface area (Å²) in [6.07, 6.45) is 9.49. The van der Waals surface area contributed by atoms with Crippen LogP contribution in [0.5, 0.6) is 0 Å². The third-order valence-corrected chi connectivity index (χ3v) is 5.53. The lowest BCUT2D eigenvalue weighted by Gasteiger charge is -2.39. The van der Waals surface area contributed by atoms with Gasteiger partial charge in [-0.3, -0.25) is 9.59 Å². The Morgan fingerprint density at radius 3 is 2.72 bits per heavy atom. The smallest absolute Gasteiger partial charge is 0.223 e. The van der Waals surface area contributed by atoms with Crippen LogP contribution in [0.2, 0.25) is 0 Å². The highest BCUT2D eigenvalue weighted by Gasteiger charge is 2.45. The number of hydrogen-bond donors (Lipinski definition) is 0. The van der Waals surface area contributed by atoms with Crippen molar-refractivity contribution in [2.24, 2.45) is 11.3 Å². The van der Waals surface area contributed by atoms with Gasteiger partial charge in [-0.05, 0) is 25.2 Å². The van der Waals surface area contributed by atoms with E-state index in [0.717, 1.165) is 52.0 Å². The van der Waals surface area contributed by atoms with Gasteiger partial charge in [0, 0.05) is 63.4 Å². The Labute approximate surface area is 150 Å². The second kappa shape index (κ2) is 7.58. The van der Waals surface area contributed by atoms with Crippen molar-refractivity contribution in [1.82, 2.24) is 19.4 Å². The highest BCUT2D eigenvalue weighted by molar-refractivity contribution is 5.80. The summed E-state index contributed by atoms with van der Waals surface area (Å²) in [7, 11) is 0. The third-order valence-electron chi connectivity index (χ3n) is 5.53. The molecule has 2 saturated heterocycles. The summed E-state index contributed by atoms with van der Waals surface area (Å²) in [5.41, 5.74) is 0.111. The maximum atomic E-state index is 12.4. The van der Waals surface area contributed by atoms with Gasteiger partial charge in [0.2, 0.25) is 11.8 Å². The SMILES string of the molecule is CC(C)CN1CC2(CCN(C(=O)CCCn3ccnc3)CC2)CC1=O. The number of aromatic nitrogens is 2. The van der Waals surface area contributed by atoms with Crippen LogP contribution in [0.25, 0.3) is 0 Å². The van der Waals surface area contributed by atoms with Gasteiger partial charge in [0.25, 0.3) is 0 Å². The number of carbonyl (C=O) groups excluding carboxylic acids is 2. The van der Waals surface area contributed by atoms with E-state index in [9.17, 15) is 9.59 Å². The molecule has 2 aliphatic heterocycles. The van der Waals surface area contributed by atoms with E-state index < -0.39 is 0 Å². The van der Waals surface area contributed by atoms with Gasteiger partial charge in [-0.2, -0.15) is 0 Å². The molecule has 25 heavy (non-hydrogen) atoms. The lowest BCUT2D eigenvalue weighted by Crippen LogP contribution is -2.44. The number of aryl methyl sites for hydroxylation is 1. The van der Waals surface area contributed by atoms with Crippen molar-refractivity contribution in [3.8, 4) is 0 Å². The molecule has 2 fully saturated rings. The Balaban J connectivity index is 1.43. The Hall–Kier alpha value is -1.85. The summed E-state index contributed by atoms with van der Waals surface area (Å²) < 4.78 is 2.01. The topological polar surface area (TPSA) is 58.4 Å². The summed E-state index contributed by atoms with van der Waals surface area (Å²) >= 11 is 0. The van der Waals surface area contributed by atoms with E-state index in [2.05, 4.69) is 18.8 Å². The maximum Gasteiger partial charge on any atom is 0.223 e. The van der Waals surface area contributed by atoms with Crippen LogP contribution in [0, 0.1) is 11.3 Å². The fourth-order valence-corrected chi connectivity index (χ4v) is 4.14. The van der Waals surface area contributed by atoms with Gasteiger partial charge in [-0.1, -0.05) is 13.8 Å². The van der Waals surface area contributed by atoms with Crippen LogP contribution < -0.4 is 0 Å². The number of nitrogens with zero attached hydrogens (tertiary/aromatic N) is 4. The van der Waals surface area contributed by atoms with E-state index in [1.165, 1.54) is 0 Å². The molecule has 0 aliphatic carbocycles. The van der Waals surface area contributed by atoms with Crippen molar-refractivity contribution in [2.75, 3.05) is 26.2 Å². The number of piperidine rings is 1. The summed E-state index contributed by atoms with van der Waals surface area (Å²) in [5, 5.41) is 0. The van der Waals surface area contributed by atoms with Crippen molar-refractivity contribution in [3.63, 3.8) is 0 Å². The van der Waals surface area contributed by atoms with Crippen molar-refractivity contribution in [3.05, 3.63) is 18.7 Å². The number of hydrogen-bond acceptors (Lipinski definition) is 3. The first-order chi connectivity index (χ1) is 12.0. The first-order valence-corrected chi connectivity index (χ1v) is 9.49. The van der Waals surface area contributed by atoms with Gasteiger partial charge >= 0.3 is 0 Å². The van der Waals surface area contributed by atoms with Crippen molar-refractivity contribution in [2.45, 2.75) is 52.5 Å². The average molecular weight is 346 g/mol. The van der Waals surface area contributed by atoms with Gasteiger partial charge in [-0.15, -0.1) is 0 Å². The number of carbonyl (C=O) groups is 2. The van der Waals surface area contributed by atoms with Crippen LogP contribution >= 0.6 is 0 Å². The first-order valence-electron chi connectivity index (χ1n) is 9.49. The summed E-state index contributed by atoms with van der Waals surface area (Å²) in [6.45, 7) is 8.48. The van der Waals surface area contributed by atoms with Gasteiger partial charge in [-0.25, -0.2) is 4.98 Å². The molecule has 2 amide bonds. The summed E-state index contributed by atoms with van der Waals surface area (Å²) in [5.74, 6) is 1.06. The van der Waals surface area contributed by atoms with Crippen LogP contribution in [0.1, 0.15) is 46.0 Å². The largest absolute Gasteiger partial charge is 0.343 e. The molecule has 6 heteroatoms. The second-order valence-electron chi connectivity index (χ2n) is 8.13. The molecular weight excluding hydrogens is 316 g/mol. The predicted molar refractivity (Wildman–Crippen MR) is 95.7 cm³/mol. The molecule has 0 bridgehead atoms. The van der Waals surface area contributed by atoms with Gasteiger partial charge < -0.3 is 14.4 Å². The molecule has 1 aromatic heterocycles. The average Bonchev–Trinajstić information content (AvgIpc) is 3.17. The molecule has 6 nitrogen and oxygen atoms in total. The zero-order valence-corrected chi connectivity index (χ0v) is 15.5. The summed E-state index contributed by atoms with van der Waals surface area (Å²) in [6, 6.07) is 0. The van der Waals surface area contributed by atoms with Crippen molar-refractivity contribution >= 4 is 11.8 Å². The minimum Gasteiger partial charge on any atom is -0.343 e. The van der Waals surface area contributed by atoms with E-state index in [-0.39, 0.29) is 11.3 Å². The molecule has 0 atom stereocenters.